The molecule has 2 aromatic carbocycles. The molecule has 1 fully saturated rings. The van der Waals surface area contributed by atoms with E-state index in [2.05, 4.69) is 46.5 Å². The largest absolute Gasteiger partial charge is 0.364 e. The summed E-state index contributed by atoms with van der Waals surface area (Å²) < 4.78 is 2.35. The van der Waals surface area contributed by atoms with E-state index in [1.807, 2.05) is 36.4 Å². The molecule has 3 heterocycles. The summed E-state index contributed by atoms with van der Waals surface area (Å²) in [7, 11) is 0. The third-order valence-corrected chi connectivity index (χ3v) is 6.54. The number of aromatic amines is 1. The zero-order chi connectivity index (χ0) is 22.9. The molecule has 0 unspecified atom stereocenters. The Kier molecular flexibility index (Phi) is 5.72. The van der Waals surface area contributed by atoms with Crippen LogP contribution >= 0.6 is 0 Å². The second kappa shape index (κ2) is 8.83. The molecule has 1 aliphatic rings. The summed E-state index contributed by atoms with van der Waals surface area (Å²) in [5.74, 6) is 1.78. The summed E-state index contributed by atoms with van der Waals surface area (Å²) in [6, 6.07) is 18.5. The molecule has 170 valence electrons. The van der Waals surface area contributed by atoms with Crippen LogP contribution < -0.4 is 5.73 Å². The fraction of sp³-hybridized carbons (Fsp3) is 0.346. The molecule has 7 nitrogen and oxygen atoms in total. The number of nitrogens with zero attached hydrogens (tertiary/aromatic N) is 4. The number of hydrogen-bond donors (Lipinski definition) is 2. The van der Waals surface area contributed by atoms with Gasteiger partial charge in [-0.1, -0.05) is 42.5 Å². The van der Waals surface area contributed by atoms with Crippen molar-refractivity contribution in [2.24, 2.45) is 5.73 Å². The molecule has 0 aliphatic carbocycles. The lowest BCUT2D eigenvalue weighted by atomic mass is 9.96. The summed E-state index contributed by atoms with van der Waals surface area (Å²) in [5.41, 5.74) is 9.83. The first-order valence-electron chi connectivity index (χ1n) is 11.6. The van der Waals surface area contributed by atoms with Gasteiger partial charge in [-0.05, 0) is 51.9 Å². The molecule has 7 heteroatoms. The number of likely N-dealkylation sites (tertiary alicyclic amines) is 1. The van der Waals surface area contributed by atoms with E-state index in [-0.39, 0.29) is 5.92 Å². The van der Waals surface area contributed by atoms with Gasteiger partial charge in [-0.15, -0.1) is 0 Å². The number of rotatable bonds is 6. The molecule has 2 aromatic heterocycles. The molecule has 0 spiro atoms. The molecule has 33 heavy (non-hydrogen) atoms. The minimum Gasteiger partial charge on any atom is -0.364 e. The van der Waals surface area contributed by atoms with Crippen molar-refractivity contribution in [1.82, 2.24) is 24.4 Å². The van der Waals surface area contributed by atoms with Crippen LogP contribution in [0.4, 0.5) is 0 Å². The van der Waals surface area contributed by atoms with E-state index in [0.717, 1.165) is 55.2 Å². The molecule has 0 saturated carbocycles. The summed E-state index contributed by atoms with van der Waals surface area (Å²) in [6.07, 6.45) is 1.95. The first kappa shape index (κ1) is 21.4. The van der Waals surface area contributed by atoms with Crippen LogP contribution in [0.5, 0.6) is 0 Å². The Morgan fingerprint density at radius 2 is 1.76 bits per heavy atom. The Hall–Kier alpha value is -3.45. The Balaban J connectivity index is 1.32. The Morgan fingerprint density at radius 1 is 1.06 bits per heavy atom. The molecule has 1 aliphatic heterocycles. The number of carbonyl (C=O) groups excluding carboxylic acids is 1. The van der Waals surface area contributed by atoms with Crippen LogP contribution in [0.25, 0.3) is 22.3 Å². The van der Waals surface area contributed by atoms with Gasteiger partial charge < -0.3 is 15.3 Å². The number of aromatic nitrogens is 4. The normalized spacial score (nSPS) is 15.5. The highest BCUT2D eigenvalue weighted by atomic mass is 16.1. The van der Waals surface area contributed by atoms with E-state index >= 15 is 0 Å². The van der Waals surface area contributed by atoms with Gasteiger partial charge in [-0.3, -0.25) is 9.69 Å². The van der Waals surface area contributed by atoms with E-state index in [9.17, 15) is 4.79 Å². The quantitative estimate of drug-likeness (QED) is 0.460. The molecule has 0 radical (unpaired) electrons. The van der Waals surface area contributed by atoms with Gasteiger partial charge in [0, 0.05) is 17.5 Å². The Bertz CT molecular complexity index is 1260. The maximum atomic E-state index is 12.0. The molecular weight excluding hydrogens is 412 g/mol. The number of piperidine rings is 1. The van der Waals surface area contributed by atoms with E-state index in [1.54, 1.807) is 0 Å². The van der Waals surface area contributed by atoms with Crippen LogP contribution in [0.2, 0.25) is 0 Å². The molecule has 0 bridgehead atoms. The van der Waals surface area contributed by atoms with E-state index in [0.29, 0.717) is 17.4 Å². The predicted molar refractivity (Wildman–Crippen MR) is 130 cm³/mol. The Labute approximate surface area is 193 Å². The number of fused-ring (bicyclic) bond motifs is 1. The van der Waals surface area contributed by atoms with Crippen molar-refractivity contribution in [2.75, 3.05) is 13.1 Å². The second-order valence-electron chi connectivity index (χ2n) is 9.11. The highest BCUT2D eigenvalue weighted by molar-refractivity contribution is 5.97. The number of carbonyl (C=O) groups is 1. The van der Waals surface area contributed by atoms with Gasteiger partial charge in [-0.2, -0.15) is 0 Å². The van der Waals surface area contributed by atoms with Crippen molar-refractivity contribution in [3.05, 3.63) is 71.9 Å². The highest BCUT2D eigenvalue weighted by Crippen LogP contribution is 2.31. The van der Waals surface area contributed by atoms with Gasteiger partial charge in [0.05, 0.1) is 17.6 Å². The van der Waals surface area contributed by atoms with Crippen molar-refractivity contribution in [1.29, 1.82) is 0 Å². The lowest BCUT2D eigenvalue weighted by Crippen LogP contribution is -2.33. The molecule has 3 N–H and O–H groups in total. The van der Waals surface area contributed by atoms with Gasteiger partial charge >= 0.3 is 0 Å². The maximum absolute atomic E-state index is 12.0. The van der Waals surface area contributed by atoms with Crippen LogP contribution in [0.1, 0.15) is 60.8 Å². The second-order valence-corrected chi connectivity index (χ2v) is 9.11. The average Bonchev–Trinajstić information content (AvgIpc) is 3.42. The van der Waals surface area contributed by atoms with Crippen LogP contribution in [-0.2, 0) is 6.54 Å². The Morgan fingerprint density at radius 3 is 2.45 bits per heavy atom. The fourth-order valence-corrected chi connectivity index (χ4v) is 4.91. The number of amides is 1. The number of para-hydroxylation sites is 2. The number of nitrogens with two attached hydrogens (primary N) is 1. The SMILES string of the molecule is CC(C)n1c(CN2CCC(c3nc(-c4ccccc4)c(C(N)=O)[nH]3)CC2)nc2ccccc21. The van der Waals surface area contributed by atoms with Gasteiger partial charge in [0.1, 0.15) is 23.0 Å². The average molecular weight is 443 g/mol. The molecule has 1 saturated heterocycles. The maximum Gasteiger partial charge on any atom is 0.267 e. The zero-order valence-electron chi connectivity index (χ0n) is 19.2. The summed E-state index contributed by atoms with van der Waals surface area (Å²) in [5, 5.41) is 0. The van der Waals surface area contributed by atoms with Gasteiger partial charge in [0.15, 0.2) is 0 Å². The molecule has 5 rings (SSSR count). The van der Waals surface area contributed by atoms with Crippen molar-refractivity contribution in [3.8, 4) is 11.3 Å². The molecular formula is C26H30N6O. The fourth-order valence-electron chi connectivity index (χ4n) is 4.91. The third-order valence-electron chi connectivity index (χ3n) is 6.54. The van der Waals surface area contributed by atoms with E-state index < -0.39 is 5.91 Å². The zero-order valence-corrected chi connectivity index (χ0v) is 19.2. The monoisotopic (exact) mass is 442 g/mol. The minimum atomic E-state index is -0.474. The number of hydrogen-bond acceptors (Lipinski definition) is 4. The van der Waals surface area contributed by atoms with Gasteiger partial charge in [0.25, 0.3) is 5.91 Å². The van der Waals surface area contributed by atoms with Crippen molar-refractivity contribution in [3.63, 3.8) is 0 Å². The predicted octanol–water partition coefficient (Wildman–Crippen LogP) is 4.49. The molecule has 1 amide bonds. The number of imidazole rings is 2. The molecule has 0 atom stereocenters. The number of benzene rings is 2. The summed E-state index contributed by atoms with van der Waals surface area (Å²) in [4.78, 5) is 27.5. The number of nitrogens with one attached hydrogen (secondary N) is 1. The number of primary amides is 1. The van der Waals surface area contributed by atoms with Crippen LogP contribution in [-0.4, -0.2) is 43.4 Å². The van der Waals surface area contributed by atoms with Crippen molar-refractivity contribution < 1.29 is 4.79 Å². The highest BCUT2D eigenvalue weighted by Gasteiger charge is 2.27. The summed E-state index contributed by atoms with van der Waals surface area (Å²) >= 11 is 0. The first-order valence-corrected chi connectivity index (χ1v) is 11.6. The lowest BCUT2D eigenvalue weighted by Gasteiger charge is -2.31. The van der Waals surface area contributed by atoms with Gasteiger partial charge in [0.2, 0.25) is 0 Å². The lowest BCUT2D eigenvalue weighted by molar-refractivity contribution is 0.0996. The summed E-state index contributed by atoms with van der Waals surface area (Å²) in [6.45, 7) is 7.17. The topological polar surface area (TPSA) is 92.8 Å². The smallest absolute Gasteiger partial charge is 0.267 e. The minimum absolute atomic E-state index is 0.278. The van der Waals surface area contributed by atoms with Crippen LogP contribution in [0, 0.1) is 0 Å². The van der Waals surface area contributed by atoms with Crippen molar-refractivity contribution >= 4 is 16.9 Å². The van der Waals surface area contributed by atoms with Crippen molar-refractivity contribution in [2.45, 2.75) is 45.2 Å². The van der Waals surface area contributed by atoms with E-state index in [4.69, 9.17) is 15.7 Å². The number of H-pyrrole nitrogens is 1. The third kappa shape index (κ3) is 4.16. The van der Waals surface area contributed by atoms with Gasteiger partial charge in [-0.25, -0.2) is 9.97 Å². The van der Waals surface area contributed by atoms with E-state index in [1.165, 1.54) is 5.52 Å². The first-order chi connectivity index (χ1) is 16.0. The standard InChI is InChI=1S/C26H30N6O/c1-17(2)32-21-11-7-6-10-20(21)28-22(32)16-31-14-12-19(13-15-31)26-29-23(24(30-26)25(27)33)18-8-4-3-5-9-18/h3-11,17,19H,12-16H2,1-2H3,(H2,27,33)(H,29,30). The van der Waals surface area contributed by atoms with Crippen LogP contribution in [0.15, 0.2) is 54.6 Å². The molecule has 4 aromatic rings. The van der Waals surface area contributed by atoms with Crippen LogP contribution in [0.3, 0.4) is 0 Å².